The lowest BCUT2D eigenvalue weighted by Crippen LogP contribution is -2.09. The number of nitrogens with one attached hydrogen (secondary N) is 2. The largest absolute Gasteiger partial charge is 0.397 e. The van der Waals surface area contributed by atoms with Crippen LogP contribution in [0.4, 0.5) is 11.4 Å². The van der Waals surface area contributed by atoms with Gasteiger partial charge in [-0.1, -0.05) is 12.8 Å². The highest BCUT2D eigenvalue weighted by atomic mass is 32.2. The summed E-state index contributed by atoms with van der Waals surface area (Å²) in [6.07, 6.45) is 8.45. The summed E-state index contributed by atoms with van der Waals surface area (Å²) in [6.45, 7) is 0.887. The molecule has 0 amide bonds. The van der Waals surface area contributed by atoms with Gasteiger partial charge in [0, 0.05) is 6.54 Å². The Morgan fingerprint density at radius 2 is 2.10 bits per heavy atom. The number of nitrogens with two attached hydrogens (primary N) is 1. The standard InChI is InChI=1S/C15H22N4OS/c1-21-7-5-3-2-4-6-17-14-9-13-11(8-12(14)16)15(20)19-10-18-13/h8-10,17H,2-7,16H2,1H3,(H,18,19,20). The van der Waals surface area contributed by atoms with E-state index < -0.39 is 0 Å². The summed E-state index contributed by atoms with van der Waals surface area (Å²) < 4.78 is 0. The van der Waals surface area contributed by atoms with Gasteiger partial charge in [-0.3, -0.25) is 4.79 Å². The molecule has 0 bridgehead atoms. The van der Waals surface area contributed by atoms with Crippen molar-refractivity contribution in [1.82, 2.24) is 9.97 Å². The van der Waals surface area contributed by atoms with E-state index in [0.717, 1.165) is 18.7 Å². The molecule has 1 heterocycles. The van der Waals surface area contributed by atoms with Crippen LogP contribution in [0.25, 0.3) is 10.9 Å². The third-order valence-electron chi connectivity index (χ3n) is 3.40. The van der Waals surface area contributed by atoms with Crippen molar-refractivity contribution in [1.29, 1.82) is 0 Å². The second-order valence-electron chi connectivity index (χ2n) is 5.02. The predicted octanol–water partition coefficient (Wildman–Crippen LogP) is 2.84. The zero-order valence-corrected chi connectivity index (χ0v) is 13.1. The molecule has 2 rings (SSSR count). The zero-order valence-electron chi connectivity index (χ0n) is 12.3. The Morgan fingerprint density at radius 1 is 1.29 bits per heavy atom. The van der Waals surface area contributed by atoms with Gasteiger partial charge in [0.05, 0.1) is 28.6 Å². The number of nitrogens with zero attached hydrogens (tertiary/aromatic N) is 1. The number of aromatic amines is 1. The van der Waals surface area contributed by atoms with E-state index in [9.17, 15) is 4.79 Å². The normalized spacial score (nSPS) is 10.9. The predicted molar refractivity (Wildman–Crippen MR) is 92.1 cm³/mol. The summed E-state index contributed by atoms with van der Waals surface area (Å²) in [6, 6.07) is 3.52. The summed E-state index contributed by atoms with van der Waals surface area (Å²) in [5.41, 5.74) is 7.93. The number of fused-ring (bicyclic) bond motifs is 1. The molecule has 1 aromatic carbocycles. The molecule has 5 nitrogen and oxygen atoms in total. The molecule has 2 aromatic rings. The Labute approximate surface area is 128 Å². The molecular formula is C15H22N4OS. The highest BCUT2D eigenvalue weighted by molar-refractivity contribution is 7.98. The summed E-state index contributed by atoms with van der Waals surface area (Å²) in [7, 11) is 0. The van der Waals surface area contributed by atoms with E-state index >= 15 is 0 Å². The molecule has 0 fully saturated rings. The average Bonchev–Trinajstić information content (AvgIpc) is 2.48. The Hall–Kier alpha value is -1.69. The van der Waals surface area contributed by atoms with E-state index in [1.54, 1.807) is 6.07 Å². The highest BCUT2D eigenvalue weighted by Crippen LogP contribution is 2.22. The Bertz CT molecular complexity index is 641. The van der Waals surface area contributed by atoms with Crippen molar-refractivity contribution in [2.45, 2.75) is 25.7 Å². The van der Waals surface area contributed by atoms with Crippen molar-refractivity contribution >= 4 is 34.0 Å². The third kappa shape index (κ3) is 4.39. The minimum absolute atomic E-state index is 0.160. The number of nitrogen functional groups attached to an aromatic ring is 1. The molecule has 4 N–H and O–H groups in total. The van der Waals surface area contributed by atoms with Gasteiger partial charge in [0.25, 0.3) is 5.56 Å². The van der Waals surface area contributed by atoms with Crippen LogP contribution in [0.1, 0.15) is 25.7 Å². The molecule has 1 aromatic heterocycles. The summed E-state index contributed by atoms with van der Waals surface area (Å²) >= 11 is 1.90. The van der Waals surface area contributed by atoms with E-state index in [1.807, 2.05) is 17.8 Å². The molecule has 0 aliphatic heterocycles. The first-order chi connectivity index (χ1) is 10.2. The molecule has 0 saturated carbocycles. The SMILES string of the molecule is CSCCCCCCNc1cc2nc[nH]c(=O)c2cc1N. The third-order valence-corrected chi connectivity index (χ3v) is 4.10. The fraction of sp³-hybridized carbons (Fsp3) is 0.467. The number of thioether (sulfide) groups is 1. The monoisotopic (exact) mass is 306 g/mol. The van der Waals surface area contributed by atoms with Crippen LogP contribution in [0.2, 0.25) is 0 Å². The summed E-state index contributed by atoms with van der Waals surface area (Å²) in [4.78, 5) is 18.4. The minimum Gasteiger partial charge on any atom is -0.397 e. The number of hydrogen-bond acceptors (Lipinski definition) is 5. The number of hydrogen-bond donors (Lipinski definition) is 3. The minimum atomic E-state index is -0.160. The molecule has 0 saturated heterocycles. The molecule has 0 unspecified atom stereocenters. The number of rotatable bonds is 8. The molecule has 0 radical (unpaired) electrons. The first-order valence-corrected chi connectivity index (χ1v) is 8.61. The maximum Gasteiger partial charge on any atom is 0.258 e. The highest BCUT2D eigenvalue weighted by Gasteiger charge is 2.05. The maximum absolute atomic E-state index is 11.7. The van der Waals surface area contributed by atoms with Crippen LogP contribution in [0.5, 0.6) is 0 Å². The second-order valence-corrected chi connectivity index (χ2v) is 6.01. The number of anilines is 2. The van der Waals surface area contributed by atoms with Crippen LogP contribution >= 0.6 is 11.8 Å². The van der Waals surface area contributed by atoms with Gasteiger partial charge in [0.1, 0.15) is 0 Å². The van der Waals surface area contributed by atoms with Crippen LogP contribution < -0.4 is 16.6 Å². The molecular weight excluding hydrogens is 284 g/mol. The fourth-order valence-electron chi connectivity index (χ4n) is 2.23. The van der Waals surface area contributed by atoms with E-state index in [0.29, 0.717) is 16.6 Å². The van der Waals surface area contributed by atoms with Gasteiger partial charge in [-0.2, -0.15) is 11.8 Å². The number of unbranched alkanes of at least 4 members (excludes halogenated alkanes) is 3. The van der Waals surface area contributed by atoms with Crippen LogP contribution in [0.3, 0.4) is 0 Å². The van der Waals surface area contributed by atoms with E-state index in [1.165, 1.54) is 31.3 Å². The van der Waals surface area contributed by atoms with Crippen LogP contribution in [-0.2, 0) is 0 Å². The van der Waals surface area contributed by atoms with Gasteiger partial charge < -0.3 is 16.0 Å². The van der Waals surface area contributed by atoms with Crippen LogP contribution in [0, 0.1) is 0 Å². The maximum atomic E-state index is 11.7. The Kier molecular flexibility index (Phi) is 5.92. The number of aromatic nitrogens is 2. The first-order valence-electron chi connectivity index (χ1n) is 7.22. The second kappa shape index (κ2) is 7.93. The van der Waals surface area contributed by atoms with Crippen molar-refractivity contribution < 1.29 is 0 Å². The van der Waals surface area contributed by atoms with Crippen molar-refractivity contribution in [3.8, 4) is 0 Å². The van der Waals surface area contributed by atoms with E-state index in [4.69, 9.17) is 5.73 Å². The molecule has 6 heteroatoms. The zero-order chi connectivity index (χ0) is 15.1. The van der Waals surface area contributed by atoms with Gasteiger partial charge in [-0.15, -0.1) is 0 Å². The number of benzene rings is 1. The molecule has 0 spiro atoms. The smallest absolute Gasteiger partial charge is 0.258 e. The van der Waals surface area contributed by atoms with E-state index in [-0.39, 0.29) is 5.56 Å². The lowest BCUT2D eigenvalue weighted by atomic mass is 10.1. The van der Waals surface area contributed by atoms with E-state index in [2.05, 4.69) is 21.5 Å². The first kappa shape index (κ1) is 15.7. The van der Waals surface area contributed by atoms with Gasteiger partial charge in [0.2, 0.25) is 0 Å². The van der Waals surface area contributed by atoms with Crippen molar-refractivity contribution in [2.75, 3.05) is 29.6 Å². The molecule has 0 atom stereocenters. The van der Waals surface area contributed by atoms with Crippen LogP contribution in [-0.4, -0.2) is 28.5 Å². The van der Waals surface area contributed by atoms with Crippen molar-refractivity contribution in [2.24, 2.45) is 0 Å². The molecule has 0 aliphatic rings. The topological polar surface area (TPSA) is 83.8 Å². The van der Waals surface area contributed by atoms with Gasteiger partial charge >= 0.3 is 0 Å². The number of H-pyrrole nitrogens is 1. The lowest BCUT2D eigenvalue weighted by molar-refractivity contribution is 0.689. The lowest BCUT2D eigenvalue weighted by Gasteiger charge is -2.10. The average molecular weight is 306 g/mol. The van der Waals surface area contributed by atoms with Gasteiger partial charge in [-0.05, 0) is 37.0 Å². The molecule has 114 valence electrons. The summed E-state index contributed by atoms with van der Waals surface area (Å²) in [5.74, 6) is 1.24. The van der Waals surface area contributed by atoms with Crippen LogP contribution in [0.15, 0.2) is 23.3 Å². The van der Waals surface area contributed by atoms with Gasteiger partial charge in [-0.25, -0.2) is 4.98 Å². The molecule has 21 heavy (non-hydrogen) atoms. The molecule has 0 aliphatic carbocycles. The summed E-state index contributed by atoms with van der Waals surface area (Å²) in [5, 5.41) is 3.86. The Balaban J connectivity index is 1.90. The quantitative estimate of drug-likeness (QED) is 0.516. The van der Waals surface area contributed by atoms with Crippen molar-refractivity contribution in [3.05, 3.63) is 28.8 Å². The fourth-order valence-corrected chi connectivity index (χ4v) is 2.73. The Morgan fingerprint density at radius 3 is 2.90 bits per heavy atom. The van der Waals surface area contributed by atoms with Crippen molar-refractivity contribution in [3.63, 3.8) is 0 Å². The van der Waals surface area contributed by atoms with Gasteiger partial charge in [0.15, 0.2) is 0 Å².